The van der Waals surface area contributed by atoms with Crippen LogP contribution in [0.5, 0.6) is 0 Å². The minimum atomic E-state index is 0.734. The highest BCUT2D eigenvalue weighted by atomic mass is 32.1. The maximum absolute atomic E-state index is 5.39. The molecule has 1 fully saturated rings. The summed E-state index contributed by atoms with van der Waals surface area (Å²) in [6.45, 7) is 6.29. The predicted octanol–water partition coefficient (Wildman–Crippen LogP) is 3.70. The Hall–Kier alpha value is -2.18. The van der Waals surface area contributed by atoms with Gasteiger partial charge in [0.15, 0.2) is 5.13 Å². The van der Waals surface area contributed by atoms with Crippen LogP contribution in [-0.4, -0.2) is 36.3 Å². The van der Waals surface area contributed by atoms with E-state index in [-0.39, 0.29) is 0 Å². The monoisotopic (exact) mass is 354 g/mol. The Balaban J connectivity index is 1.42. The molecule has 0 amide bonds. The third-order valence-corrected chi connectivity index (χ3v) is 5.45. The highest BCUT2D eigenvalue weighted by Crippen LogP contribution is 2.28. The summed E-state index contributed by atoms with van der Waals surface area (Å²) in [4.78, 5) is 11.6. The molecule has 0 radical (unpaired) electrons. The number of nitrogens with one attached hydrogen (secondary N) is 1. The number of rotatable bonds is 5. The molecule has 0 aliphatic carbocycles. The van der Waals surface area contributed by atoms with Gasteiger partial charge in [-0.15, -0.1) is 0 Å². The topological polar surface area (TPSA) is 50.3 Å². The molecule has 0 atom stereocenters. The number of thiazole rings is 1. The summed E-state index contributed by atoms with van der Waals surface area (Å²) in [5.41, 5.74) is 3.59. The lowest BCUT2D eigenvalue weighted by Gasteiger charge is -2.27. The Morgan fingerprint density at radius 1 is 1.20 bits per heavy atom. The normalized spacial score (nSPS) is 14.8. The number of pyridine rings is 1. The number of aryl methyl sites for hydroxylation is 1. The van der Waals surface area contributed by atoms with Gasteiger partial charge in [-0.2, -0.15) is 0 Å². The number of fused-ring (bicyclic) bond motifs is 1. The molecule has 0 spiro atoms. The summed E-state index contributed by atoms with van der Waals surface area (Å²) >= 11 is 1.71. The molecule has 6 heteroatoms. The predicted molar refractivity (Wildman–Crippen MR) is 104 cm³/mol. The Morgan fingerprint density at radius 3 is 2.84 bits per heavy atom. The van der Waals surface area contributed by atoms with Gasteiger partial charge in [-0.1, -0.05) is 36.5 Å². The largest absolute Gasteiger partial charge is 0.378 e. The fourth-order valence-corrected chi connectivity index (χ4v) is 3.95. The maximum Gasteiger partial charge on any atom is 0.184 e. The lowest BCUT2D eigenvalue weighted by Crippen LogP contribution is -2.36. The van der Waals surface area contributed by atoms with E-state index in [4.69, 9.17) is 9.72 Å². The molecular formula is C19H22N4OS. The van der Waals surface area contributed by atoms with Crippen LogP contribution in [0.15, 0.2) is 36.5 Å². The van der Waals surface area contributed by atoms with Gasteiger partial charge in [-0.3, -0.25) is 0 Å². The Kier molecular flexibility index (Phi) is 4.81. The van der Waals surface area contributed by atoms with Gasteiger partial charge in [-0.05, 0) is 29.7 Å². The van der Waals surface area contributed by atoms with E-state index in [2.05, 4.69) is 52.5 Å². The molecular weight excluding hydrogens is 332 g/mol. The fraction of sp³-hybridized carbons (Fsp3) is 0.368. The van der Waals surface area contributed by atoms with Crippen LogP contribution < -0.4 is 10.2 Å². The quantitative estimate of drug-likeness (QED) is 0.757. The van der Waals surface area contributed by atoms with E-state index in [9.17, 15) is 0 Å². The average molecular weight is 354 g/mol. The second kappa shape index (κ2) is 7.37. The molecule has 0 saturated carbocycles. The first-order valence-electron chi connectivity index (χ1n) is 8.73. The standard InChI is InChI=1S/C19H22N4OS/c1-2-15-4-3-5-16-18(15)22-19(25-16)21-13-14-6-7-17(20-12-14)23-8-10-24-11-9-23/h3-7,12H,2,8-11,13H2,1H3,(H,21,22). The number of morpholine rings is 1. The molecule has 1 aliphatic heterocycles. The van der Waals surface area contributed by atoms with Crippen LogP contribution in [0.25, 0.3) is 10.2 Å². The van der Waals surface area contributed by atoms with Gasteiger partial charge in [-0.25, -0.2) is 9.97 Å². The number of hydrogen-bond acceptors (Lipinski definition) is 6. The smallest absolute Gasteiger partial charge is 0.184 e. The summed E-state index contributed by atoms with van der Waals surface area (Å²) in [5.74, 6) is 1.03. The van der Waals surface area contributed by atoms with Crippen molar-refractivity contribution in [1.29, 1.82) is 0 Å². The Bertz CT molecular complexity index is 840. The number of nitrogens with zero attached hydrogens (tertiary/aromatic N) is 3. The third kappa shape index (κ3) is 3.60. The van der Waals surface area contributed by atoms with Gasteiger partial charge in [0.2, 0.25) is 0 Å². The molecule has 0 bridgehead atoms. The zero-order chi connectivity index (χ0) is 17.1. The molecule has 2 aromatic heterocycles. The van der Waals surface area contributed by atoms with E-state index in [1.807, 2.05) is 6.20 Å². The van der Waals surface area contributed by atoms with Gasteiger partial charge < -0.3 is 15.0 Å². The van der Waals surface area contributed by atoms with Crippen molar-refractivity contribution in [3.05, 3.63) is 47.7 Å². The van der Waals surface area contributed by atoms with Crippen molar-refractivity contribution >= 4 is 32.5 Å². The number of anilines is 2. The van der Waals surface area contributed by atoms with Crippen LogP contribution in [0.3, 0.4) is 0 Å². The molecule has 5 nitrogen and oxygen atoms in total. The first kappa shape index (κ1) is 16.3. The molecule has 1 N–H and O–H groups in total. The van der Waals surface area contributed by atoms with Crippen molar-refractivity contribution in [2.45, 2.75) is 19.9 Å². The van der Waals surface area contributed by atoms with Crippen molar-refractivity contribution in [2.75, 3.05) is 36.5 Å². The lowest BCUT2D eigenvalue weighted by atomic mass is 10.1. The summed E-state index contributed by atoms with van der Waals surface area (Å²) in [6.07, 6.45) is 2.95. The van der Waals surface area contributed by atoms with E-state index in [1.165, 1.54) is 10.3 Å². The number of benzene rings is 1. The molecule has 25 heavy (non-hydrogen) atoms. The summed E-state index contributed by atoms with van der Waals surface area (Å²) in [6, 6.07) is 10.6. The Morgan fingerprint density at radius 2 is 2.08 bits per heavy atom. The zero-order valence-corrected chi connectivity index (χ0v) is 15.2. The number of hydrogen-bond donors (Lipinski definition) is 1. The fourth-order valence-electron chi connectivity index (χ4n) is 3.04. The van der Waals surface area contributed by atoms with Gasteiger partial charge in [0.05, 0.1) is 23.4 Å². The van der Waals surface area contributed by atoms with E-state index in [0.29, 0.717) is 0 Å². The molecule has 0 unspecified atom stereocenters. The molecule has 1 aliphatic rings. The van der Waals surface area contributed by atoms with E-state index >= 15 is 0 Å². The SMILES string of the molecule is CCc1cccc2sc(NCc3ccc(N4CCOCC4)nc3)nc12. The molecule has 1 saturated heterocycles. The summed E-state index contributed by atoms with van der Waals surface area (Å²) in [5, 5.41) is 4.40. The summed E-state index contributed by atoms with van der Waals surface area (Å²) < 4.78 is 6.63. The lowest BCUT2D eigenvalue weighted by molar-refractivity contribution is 0.122. The van der Waals surface area contributed by atoms with Crippen LogP contribution in [-0.2, 0) is 17.7 Å². The van der Waals surface area contributed by atoms with Crippen molar-refractivity contribution in [1.82, 2.24) is 9.97 Å². The van der Waals surface area contributed by atoms with Crippen molar-refractivity contribution in [3.63, 3.8) is 0 Å². The zero-order valence-electron chi connectivity index (χ0n) is 14.4. The van der Waals surface area contributed by atoms with Gasteiger partial charge in [0, 0.05) is 25.8 Å². The third-order valence-electron chi connectivity index (χ3n) is 4.47. The summed E-state index contributed by atoms with van der Waals surface area (Å²) in [7, 11) is 0. The average Bonchev–Trinajstić information content (AvgIpc) is 3.10. The van der Waals surface area contributed by atoms with Gasteiger partial charge in [0.25, 0.3) is 0 Å². The highest BCUT2D eigenvalue weighted by molar-refractivity contribution is 7.22. The van der Waals surface area contributed by atoms with Crippen LogP contribution in [0.1, 0.15) is 18.1 Å². The Labute approximate surface area is 151 Å². The van der Waals surface area contributed by atoms with E-state index in [1.54, 1.807) is 11.3 Å². The minimum absolute atomic E-state index is 0.734. The number of para-hydroxylation sites is 1. The molecule has 130 valence electrons. The number of aromatic nitrogens is 2. The first-order valence-corrected chi connectivity index (χ1v) is 9.55. The minimum Gasteiger partial charge on any atom is -0.378 e. The van der Waals surface area contributed by atoms with Crippen molar-refractivity contribution in [2.24, 2.45) is 0 Å². The van der Waals surface area contributed by atoms with Crippen molar-refractivity contribution in [3.8, 4) is 0 Å². The molecule has 3 heterocycles. The molecule has 4 rings (SSSR count). The van der Waals surface area contributed by atoms with E-state index < -0.39 is 0 Å². The van der Waals surface area contributed by atoms with Crippen molar-refractivity contribution < 1.29 is 4.74 Å². The first-order chi connectivity index (χ1) is 12.3. The number of ether oxygens (including phenoxy) is 1. The highest BCUT2D eigenvalue weighted by Gasteiger charge is 2.12. The van der Waals surface area contributed by atoms with E-state index in [0.717, 1.165) is 61.3 Å². The van der Waals surface area contributed by atoms with Crippen LogP contribution in [0.2, 0.25) is 0 Å². The second-order valence-corrected chi connectivity index (χ2v) is 7.14. The van der Waals surface area contributed by atoms with Crippen LogP contribution >= 0.6 is 11.3 Å². The van der Waals surface area contributed by atoms with Crippen LogP contribution in [0.4, 0.5) is 10.9 Å². The van der Waals surface area contributed by atoms with Gasteiger partial charge in [0.1, 0.15) is 5.82 Å². The van der Waals surface area contributed by atoms with Gasteiger partial charge >= 0.3 is 0 Å². The maximum atomic E-state index is 5.39. The second-order valence-electron chi connectivity index (χ2n) is 6.11. The molecule has 1 aromatic carbocycles. The molecule has 3 aromatic rings. The van der Waals surface area contributed by atoms with Crippen LogP contribution in [0, 0.1) is 0 Å².